The summed E-state index contributed by atoms with van der Waals surface area (Å²) in [5.74, 6) is -1.97. The van der Waals surface area contributed by atoms with E-state index in [2.05, 4.69) is 5.32 Å². The van der Waals surface area contributed by atoms with Crippen molar-refractivity contribution in [2.24, 2.45) is 0 Å². The van der Waals surface area contributed by atoms with Gasteiger partial charge in [0.25, 0.3) is 11.8 Å². The molecular formula is C24H17ClN2O6S. The van der Waals surface area contributed by atoms with Crippen LogP contribution in [0, 0.1) is 6.92 Å². The molecule has 1 aliphatic heterocycles. The second kappa shape index (κ2) is 9.12. The summed E-state index contributed by atoms with van der Waals surface area (Å²) in [6.07, 6.45) is 1.13. The number of barbiturate groups is 1. The smallest absolute Gasteiger partial charge is 0.339 e. The molecule has 0 bridgehead atoms. The number of carbonyl (C=O) groups excluding carboxylic acids is 3. The van der Waals surface area contributed by atoms with Gasteiger partial charge in [-0.3, -0.25) is 14.9 Å². The lowest BCUT2D eigenvalue weighted by atomic mass is 10.1. The Labute approximate surface area is 200 Å². The number of para-hydroxylation sites is 1. The van der Waals surface area contributed by atoms with E-state index in [9.17, 15) is 22.8 Å². The monoisotopic (exact) mass is 496 g/mol. The average Bonchev–Trinajstić information content (AvgIpc) is 2.79. The molecule has 3 aromatic rings. The number of nitrogens with zero attached hydrogens (tertiary/aromatic N) is 1. The Kier molecular flexibility index (Phi) is 6.23. The number of imide groups is 2. The van der Waals surface area contributed by atoms with Crippen LogP contribution in [0.4, 0.5) is 10.5 Å². The zero-order valence-electron chi connectivity index (χ0n) is 17.7. The summed E-state index contributed by atoms with van der Waals surface area (Å²) < 4.78 is 30.9. The minimum Gasteiger partial charge on any atom is -0.378 e. The molecule has 0 spiro atoms. The highest BCUT2D eigenvalue weighted by atomic mass is 35.5. The van der Waals surface area contributed by atoms with E-state index in [4.69, 9.17) is 15.8 Å². The topological polar surface area (TPSA) is 110 Å². The van der Waals surface area contributed by atoms with Crippen molar-refractivity contribution < 1.29 is 27.0 Å². The number of hydrogen-bond donors (Lipinski definition) is 1. The van der Waals surface area contributed by atoms with E-state index in [0.29, 0.717) is 0 Å². The van der Waals surface area contributed by atoms with E-state index in [1.165, 1.54) is 42.5 Å². The number of urea groups is 1. The predicted octanol–water partition coefficient (Wildman–Crippen LogP) is 4.08. The van der Waals surface area contributed by atoms with Gasteiger partial charge in [-0.1, -0.05) is 47.5 Å². The summed E-state index contributed by atoms with van der Waals surface area (Å²) in [4.78, 5) is 38.6. The molecule has 8 nitrogen and oxygen atoms in total. The lowest BCUT2D eigenvalue weighted by molar-refractivity contribution is -0.122. The van der Waals surface area contributed by atoms with Gasteiger partial charge in [-0.05, 0) is 55.5 Å². The Morgan fingerprint density at radius 2 is 1.62 bits per heavy atom. The Hall–Kier alpha value is -3.95. The van der Waals surface area contributed by atoms with Crippen LogP contribution >= 0.6 is 11.6 Å². The summed E-state index contributed by atoms with van der Waals surface area (Å²) in [6, 6.07) is 17.3. The third-order valence-electron chi connectivity index (χ3n) is 4.90. The van der Waals surface area contributed by atoms with Crippen molar-refractivity contribution in [3.05, 3.63) is 94.5 Å². The van der Waals surface area contributed by atoms with Crippen LogP contribution < -0.4 is 14.4 Å². The molecule has 1 N–H and O–H groups in total. The molecule has 34 heavy (non-hydrogen) atoms. The highest BCUT2D eigenvalue weighted by Gasteiger charge is 2.37. The van der Waals surface area contributed by atoms with Gasteiger partial charge in [-0.2, -0.15) is 8.42 Å². The van der Waals surface area contributed by atoms with E-state index in [1.54, 1.807) is 30.3 Å². The maximum absolute atomic E-state index is 13.1. The van der Waals surface area contributed by atoms with Crippen LogP contribution in [0.1, 0.15) is 11.1 Å². The van der Waals surface area contributed by atoms with Crippen molar-refractivity contribution in [3.8, 4) is 5.75 Å². The first-order valence-corrected chi connectivity index (χ1v) is 11.7. The molecule has 0 aliphatic carbocycles. The highest BCUT2D eigenvalue weighted by molar-refractivity contribution is 7.87. The zero-order valence-corrected chi connectivity index (χ0v) is 19.3. The van der Waals surface area contributed by atoms with Crippen LogP contribution in [-0.2, 0) is 19.7 Å². The molecule has 1 aliphatic rings. The van der Waals surface area contributed by atoms with E-state index in [-0.39, 0.29) is 26.9 Å². The van der Waals surface area contributed by atoms with Crippen LogP contribution in [0.5, 0.6) is 5.75 Å². The second-order valence-electron chi connectivity index (χ2n) is 7.33. The lowest BCUT2D eigenvalue weighted by Crippen LogP contribution is -2.54. The molecule has 4 amide bonds. The second-order valence-corrected chi connectivity index (χ2v) is 9.31. The Morgan fingerprint density at radius 3 is 2.29 bits per heavy atom. The van der Waals surface area contributed by atoms with Gasteiger partial charge in [0.1, 0.15) is 16.2 Å². The summed E-state index contributed by atoms with van der Waals surface area (Å²) in [6.45, 7) is 1.82. The third kappa shape index (κ3) is 4.70. The van der Waals surface area contributed by atoms with Gasteiger partial charge in [0.05, 0.1) is 5.69 Å². The predicted molar refractivity (Wildman–Crippen MR) is 126 cm³/mol. The number of aryl methyl sites for hydroxylation is 1. The van der Waals surface area contributed by atoms with Crippen LogP contribution in [0.3, 0.4) is 0 Å². The van der Waals surface area contributed by atoms with Gasteiger partial charge in [0, 0.05) is 10.6 Å². The number of anilines is 1. The lowest BCUT2D eigenvalue weighted by Gasteiger charge is -2.26. The molecule has 0 saturated carbocycles. The van der Waals surface area contributed by atoms with Crippen LogP contribution in [-0.4, -0.2) is 26.3 Å². The quantitative estimate of drug-likeness (QED) is 0.324. The van der Waals surface area contributed by atoms with Crippen molar-refractivity contribution in [1.82, 2.24) is 5.32 Å². The Bertz CT molecular complexity index is 1430. The van der Waals surface area contributed by atoms with E-state index in [1.807, 2.05) is 6.92 Å². The van der Waals surface area contributed by atoms with Gasteiger partial charge >= 0.3 is 16.1 Å². The first-order valence-electron chi connectivity index (χ1n) is 9.93. The average molecular weight is 497 g/mol. The van der Waals surface area contributed by atoms with Crippen molar-refractivity contribution >= 4 is 51.3 Å². The SMILES string of the molecule is Cc1ccc(S(=O)(=O)Oc2ccc(Cl)cc2/C=C2\C(=O)NC(=O)N(c3ccccc3)C2=O)cc1. The Balaban J connectivity index is 1.74. The largest absolute Gasteiger partial charge is 0.378 e. The van der Waals surface area contributed by atoms with Crippen molar-refractivity contribution in [1.29, 1.82) is 0 Å². The van der Waals surface area contributed by atoms with Crippen molar-refractivity contribution in [2.45, 2.75) is 11.8 Å². The normalized spacial score (nSPS) is 15.4. The van der Waals surface area contributed by atoms with Crippen molar-refractivity contribution in [3.63, 3.8) is 0 Å². The summed E-state index contributed by atoms with van der Waals surface area (Å²) in [7, 11) is -4.22. The summed E-state index contributed by atoms with van der Waals surface area (Å²) in [5.41, 5.74) is 0.787. The van der Waals surface area contributed by atoms with Gasteiger partial charge in [0.15, 0.2) is 0 Å². The molecule has 1 fully saturated rings. The van der Waals surface area contributed by atoms with Gasteiger partial charge in [0.2, 0.25) is 0 Å². The summed E-state index contributed by atoms with van der Waals surface area (Å²) in [5, 5.41) is 2.32. The number of carbonyl (C=O) groups is 3. The molecule has 0 atom stereocenters. The van der Waals surface area contributed by atoms with Crippen LogP contribution in [0.25, 0.3) is 6.08 Å². The number of benzene rings is 3. The van der Waals surface area contributed by atoms with Gasteiger partial charge in [-0.15, -0.1) is 0 Å². The number of hydrogen-bond acceptors (Lipinski definition) is 6. The number of rotatable bonds is 5. The first-order chi connectivity index (χ1) is 16.2. The maximum Gasteiger partial charge on any atom is 0.339 e. The number of halogens is 1. The van der Waals surface area contributed by atoms with E-state index >= 15 is 0 Å². The molecular weight excluding hydrogens is 480 g/mol. The molecule has 4 rings (SSSR count). The maximum atomic E-state index is 13.1. The minimum absolute atomic E-state index is 0.0593. The molecule has 0 aromatic heterocycles. The molecule has 0 radical (unpaired) electrons. The van der Waals surface area contributed by atoms with Gasteiger partial charge in [-0.25, -0.2) is 9.69 Å². The molecule has 1 heterocycles. The first kappa shape index (κ1) is 23.2. The fourth-order valence-electron chi connectivity index (χ4n) is 3.20. The standard InChI is InChI=1S/C24H17ClN2O6S/c1-15-7-10-19(11-8-15)34(31,32)33-21-12-9-17(25)13-16(21)14-20-22(28)26-24(30)27(23(20)29)18-5-3-2-4-6-18/h2-14H,1H3,(H,26,28,30)/b20-14+. The van der Waals surface area contributed by atoms with Gasteiger partial charge < -0.3 is 4.18 Å². The van der Waals surface area contributed by atoms with Crippen molar-refractivity contribution in [2.75, 3.05) is 4.90 Å². The zero-order chi connectivity index (χ0) is 24.5. The van der Waals surface area contributed by atoms with E-state index in [0.717, 1.165) is 16.5 Å². The van der Waals surface area contributed by atoms with Crippen LogP contribution in [0.15, 0.2) is 83.3 Å². The molecule has 3 aromatic carbocycles. The molecule has 0 unspecified atom stereocenters. The highest BCUT2D eigenvalue weighted by Crippen LogP contribution is 2.30. The number of nitrogens with one attached hydrogen (secondary N) is 1. The number of amides is 4. The van der Waals surface area contributed by atoms with Crippen LogP contribution in [0.2, 0.25) is 5.02 Å². The fraction of sp³-hybridized carbons (Fsp3) is 0.0417. The molecule has 172 valence electrons. The third-order valence-corrected chi connectivity index (χ3v) is 6.38. The minimum atomic E-state index is -4.22. The molecule has 1 saturated heterocycles. The summed E-state index contributed by atoms with van der Waals surface area (Å²) >= 11 is 6.08. The molecule has 10 heteroatoms. The van der Waals surface area contributed by atoms with E-state index < -0.39 is 33.5 Å². The fourth-order valence-corrected chi connectivity index (χ4v) is 4.34. The Morgan fingerprint density at radius 1 is 0.941 bits per heavy atom.